The predicted octanol–water partition coefficient (Wildman–Crippen LogP) is 4.23. The van der Waals surface area contributed by atoms with Crippen molar-refractivity contribution in [2.75, 3.05) is 23.3 Å². The monoisotopic (exact) mass is 472 g/mol. The van der Waals surface area contributed by atoms with Gasteiger partial charge in [-0.3, -0.25) is 4.79 Å². The molecule has 7 nitrogen and oxygen atoms in total. The van der Waals surface area contributed by atoms with Gasteiger partial charge in [-0.1, -0.05) is 29.5 Å². The van der Waals surface area contributed by atoms with Crippen molar-refractivity contribution in [1.29, 1.82) is 0 Å². The molecule has 0 saturated carbocycles. The number of carbonyl (C=O) groups is 1. The summed E-state index contributed by atoms with van der Waals surface area (Å²) < 4.78 is 29.0. The van der Waals surface area contributed by atoms with E-state index in [9.17, 15) is 13.2 Å². The van der Waals surface area contributed by atoms with Crippen molar-refractivity contribution in [3.8, 4) is 0 Å². The average Bonchev–Trinajstić information content (AvgIpc) is 3.17. The van der Waals surface area contributed by atoms with Crippen molar-refractivity contribution in [3.05, 3.63) is 48.5 Å². The second kappa shape index (κ2) is 8.80. The van der Waals surface area contributed by atoms with Crippen molar-refractivity contribution in [2.24, 2.45) is 5.92 Å². The van der Waals surface area contributed by atoms with Crippen LogP contribution in [0.5, 0.6) is 0 Å². The first-order valence-electron chi connectivity index (χ1n) is 10.7. The van der Waals surface area contributed by atoms with Gasteiger partial charge in [-0.05, 0) is 63.9 Å². The summed E-state index contributed by atoms with van der Waals surface area (Å²) in [6.45, 7) is 6.83. The molecule has 3 aromatic rings. The SMILES string of the molecule is CC(C)(C)NS(=O)(=O)c1cccc(NC(=O)C2CCCN(c3nc4ccccc4s3)C2)c1. The van der Waals surface area contributed by atoms with Crippen molar-refractivity contribution in [2.45, 2.75) is 44.0 Å². The van der Waals surface area contributed by atoms with Gasteiger partial charge in [-0.15, -0.1) is 0 Å². The Bertz CT molecular complexity index is 1200. The number of rotatable bonds is 5. The molecule has 1 aromatic heterocycles. The standard InChI is InChI=1S/C23H28N4O3S2/c1-23(2,3)26-32(29,30)18-10-6-9-17(14-18)24-21(28)16-8-7-13-27(15-16)22-25-19-11-4-5-12-20(19)31-22/h4-6,9-12,14,16,26H,7-8,13,15H2,1-3H3,(H,24,28). The van der Waals surface area contributed by atoms with E-state index in [1.165, 1.54) is 12.1 Å². The first-order valence-corrected chi connectivity index (χ1v) is 13.0. The zero-order valence-corrected chi connectivity index (χ0v) is 20.1. The third kappa shape index (κ3) is 5.28. The van der Waals surface area contributed by atoms with E-state index in [-0.39, 0.29) is 16.7 Å². The molecule has 1 aliphatic rings. The molecule has 0 bridgehead atoms. The van der Waals surface area contributed by atoms with E-state index in [0.717, 1.165) is 34.7 Å². The summed E-state index contributed by atoms with van der Waals surface area (Å²) in [4.78, 5) is 20.0. The summed E-state index contributed by atoms with van der Waals surface area (Å²) in [5.74, 6) is -0.294. The molecule has 2 heterocycles. The van der Waals surface area contributed by atoms with Crippen molar-refractivity contribution in [1.82, 2.24) is 9.71 Å². The zero-order valence-electron chi connectivity index (χ0n) is 18.5. The summed E-state index contributed by atoms with van der Waals surface area (Å²) in [5, 5.41) is 3.85. The van der Waals surface area contributed by atoms with Crippen LogP contribution in [-0.4, -0.2) is 37.9 Å². The van der Waals surface area contributed by atoms with Crippen LogP contribution in [-0.2, 0) is 14.8 Å². The second-order valence-corrected chi connectivity index (χ2v) is 11.8. The highest BCUT2D eigenvalue weighted by Gasteiger charge is 2.28. The number of thiazole rings is 1. The van der Waals surface area contributed by atoms with Crippen LogP contribution in [0.3, 0.4) is 0 Å². The molecule has 2 aromatic carbocycles. The number of nitrogens with one attached hydrogen (secondary N) is 2. The lowest BCUT2D eigenvalue weighted by molar-refractivity contribution is -0.120. The van der Waals surface area contributed by atoms with Gasteiger partial charge in [0.2, 0.25) is 15.9 Å². The van der Waals surface area contributed by atoms with Gasteiger partial charge in [0.15, 0.2) is 5.13 Å². The number of fused-ring (bicyclic) bond motifs is 1. The number of anilines is 2. The van der Waals surface area contributed by atoms with E-state index >= 15 is 0 Å². The topological polar surface area (TPSA) is 91.4 Å². The molecule has 170 valence electrons. The summed E-state index contributed by atoms with van der Waals surface area (Å²) in [7, 11) is -3.68. The average molecular weight is 473 g/mol. The molecule has 0 radical (unpaired) electrons. The number of aromatic nitrogens is 1. The number of amides is 1. The molecule has 32 heavy (non-hydrogen) atoms. The molecule has 4 rings (SSSR count). The highest BCUT2D eigenvalue weighted by molar-refractivity contribution is 7.89. The molecule has 1 saturated heterocycles. The van der Waals surface area contributed by atoms with Gasteiger partial charge in [0.05, 0.1) is 21.0 Å². The Hall–Kier alpha value is -2.49. The molecule has 1 fully saturated rings. The van der Waals surface area contributed by atoms with Gasteiger partial charge in [0.1, 0.15) is 0 Å². The van der Waals surface area contributed by atoms with E-state index in [1.54, 1.807) is 44.2 Å². The second-order valence-electron chi connectivity index (χ2n) is 9.12. The van der Waals surface area contributed by atoms with Crippen LogP contribution in [0.1, 0.15) is 33.6 Å². The van der Waals surface area contributed by atoms with Crippen LogP contribution in [0.2, 0.25) is 0 Å². The van der Waals surface area contributed by atoms with E-state index in [2.05, 4.69) is 21.0 Å². The summed E-state index contributed by atoms with van der Waals surface area (Å²) in [5.41, 5.74) is 0.856. The summed E-state index contributed by atoms with van der Waals surface area (Å²) >= 11 is 1.64. The van der Waals surface area contributed by atoms with Gasteiger partial charge in [0.25, 0.3) is 0 Å². The van der Waals surface area contributed by atoms with Gasteiger partial charge >= 0.3 is 0 Å². The van der Waals surface area contributed by atoms with E-state index in [0.29, 0.717) is 12.2 Å². The molecule has 2 N–H and O–H groups in total. The maximum atomic E-state index is 13.0. The summed E-state index contributed by atoms with van der Waals surface area (Å²) in [6.07, 6.45) is 1.69. The van der Waals surface area contributed by atoms with Crippen LogP contribution in [0, 0.1) is 5.92 Å². The van der Waals surface area contributed by atoms with Gasteiger partial charge in [-0.25, -0.2) is 18.1 Å². The molecule has 1 amide bonds. The maximum Gasteiger partial charge on any atom is 0.241 e. The van der Waals surface area contributed by atoms with Gasteiger partial charge < -0.3 is 10.2 Å². The quantitative estimate of drug-likeness (QED) is 0.580. The Morgan fingerprint density at radius 1 is 1.16 bits per heavy atom. The largest absolute Gasteiger partial charge is 0.347 e. The minimum absolute atomic E-state index is 0.103. The summed E-state index contributed by atoms with van der Waals surface area (Å²) in [6, 6.07) is 14.4. The number of piperidine rings is 1. The first-order chi connectivity index (χ1) is 15.1. The van der Waals surface area contributed by atoms with Crippen LogP contribution in [0.15, 0.2) is 53.4 Å². The van der Waals surface area contributed by atoms with Crippen LogP contribution in [0.25, 0.3) is 10.2 Å². The normalized spacial score (nSPS) is 17.5. The highest BCUT2D eigenvalue weighted by Crippen LogP contribution is 2.31. The molecule has 0 aliphatic carbocycles. The lowest BCUT2D eigenvalue weighted by Gasteiger charge is -2.31. The van der Waals surface area contributed by atoms with E-state index in [4.69, 9.17) is 4.98 Å². The number of para-hydroxylation sites is 1. The first kappa shape index (κ1) is 22.7. The number of sulfonamides is 1. The Balaban J connectivity index is 1.46. The fourth-order valence-electron chi connectivity index (χ4n) is 3.81. The third-order valence-corrected chi connectivity index (χ3v) is 8.05. The smallest absolute Gasteiger partial charge is 0.241 e. The minimum Gasteiger partial charge on any atom is -0.347 e. The highest BCUT2D eigenvalue weighted by atomic mass is 32.2. The third-order valence-electron chi connectivity index (χ3n) is 5.20. The fraction of sp³-hybridized carbons (Fsp3) is 0.391. The Morgan fingerprint density at radius 2 is 1.94 bits per heavy atom. The minimum atomic E-state index is -3.68. The van der Waals surface area contributed by atoms with Crippen LogP contribution >= 0.6 is 11.3 Å². The molecule has 9 heteroatoms. The van der Waals surface area contributed by atoms with Crippen LogP contribution < -0.4 is 14.9 Å². The molecular formula is C23H28N4O3S2. The lowest BCUT2D eigenvalue weighted by Crippen LogP contribution is -2.41. The Labute approximate surface area is 192 Å². The Morgan fingerprint density at radius 3 is 2.69 bits per heavy atom. The number of hydrogen-bond donors (Lipinski definition) is 2. The van der Waals surface area contributed by atoms with Gasteiger partial charge in [-0.2, -0.15) is 0 Å². The molecule has 1 aliphatic heterocycles. The number of carbonyl (C=O) groups excluding carboxylic acids is 1. The number of hydrogen-bond acceptors (Lipinski definition) is 6. The fourth-order valence-corrected chi connectivity index (χ4v) is 6.27. The molecule has 0 spiro atoms. The van der Waals surface area contributed by atoms with E-state index < -0.39 is 15.6 Å². The van der Waals surface area contributed by atoms with Crippen molar-refractivity contribution in [3.63, 3.8) is 0 Å². The predicted molar refractivity (Wildman–Crippen MR) is 130 cm³/mol. The zero-order chi connectivity index (χ0) is 22.9. The number of benzene rings is 2. The van der Waals surface area contributed by atoms with Crippen molar-refractivity contribution >= 4 is 48.3 Å². The number of nitrogens with zero attached hydrogens (tertiary/aromatic N) is 2. The van der Waals surface area contributed by atoms with Crippen molar-refractivity contribution < 1.29 is 13.2 Å². The lowest BCUT2D eigenvalue weighted by atomic mass is 9.97. The molecular weight excluding hydrogens is 444 g/mol. The Kier molecular flexibility index (Phi) is 6.24. The van der Waals surface area contributed by atoms with Gasteiger partial charge in [0, 0.05) is 24.3 Å². The maximum absolute atomic E-state index is 13.0. The molecule has 1 atom stereocenters. The van der Waals surface area contributed by atoms with E-state index in [1.807, 2.05) is 18.2 Å². The van der Waals surface area contributed by atoms with Crippen LogP contribution in [0.4, 0.5) is 10.8 Å². The molecule has 1 unspecified atom stereocenters.